The highest BCUT2D eigenvalue weighted by molar-refractivity contribution is 7.14. The van der Waals surface area contributed by atoms with Crippen molar-refractivity contribution >= 4 is 57.0 Å². The van der Waals surface area contributed by atoms with Crippen LogP contribution in [0.25, 0.3) is 22.8 Å². The Morgan fingerprint density at radius 1 is 0.914 bits per heavy atom. The van der Waals surface area contributed by atoms with Crippen LogP contribution in [0.4, 0.5) is 16.8 Å². The maximum atomic E-state index is 12.8. The first-order chi connectivity index (χ1) is 17.1. The Labute approximate surface area is 206 Å². The Morgan fingerprint density at radius 3 is 2.34 bits per heavy atom. The fraction of sp³-hybridized carbons (Fsp3) is 0.0370. The highest BCUT2D eigenvalue weighted by atomic mass is 32.1. The van der Waals surface area contributed by atoms with E-state index in [9.17, 15) is 9.59 Å². The first-order valence-electron chi connectivity index (χ1n) is 10.9. The van der Waals surface area contributed by atoms with Crippen LogP contribution in [-0.4, -0.2) is 26.3 Å². The SMILES string of the molecule is CC(=O)N(c1ccccc1)c1nc(/C=C/C(=O)Nc2nc3ccccc3n2-c2ccccc2)cs1. The fourth-order valence-corrected chi connectivity index (χ4v) is 4.58. The summed E-state index contributed by atoms with van der Waals surface area (Å²) in [5.41, 5.74) is 3.90. The molecule has 0 unspecified atom stereocenters. The van der Waals surface area contributed by atoms with Crippen molar-refractivity contribution in [2.75, 3.05) is 10.2 Å². The maximum Gasteiger partial charge on any atom is 0.250 e. The second-order valence-electron chi connectivity index (χ2n) is 7.66. The van der Waals surface area contributed by atoms with Gasteiger partial charge >= 0.3 is 0 Å². The summed E-state index contributed by atoms with van der Waals surface area (Å²) >= 11 is 1.33. The van der Waals surface area contributed by atoms with Gasteiger partial charge in [-0.2, -0.15) is 0 Å². The number of imidazole rings is 1. The predicted octanol–water partition coefficient (Wildman–Crippen LogP) is 5.82. The Bertz CT molecular complexity index is 1520. The molecular formula is C27H21N5O2S. The summed E-state index contributed by atoms with van der Waals surface area (Å²) in [4.78, 5) is 35.7. The number of benzene rings is 3. The number of fused-ring (bicyclic) bond motifs is 1. The number of carbonyl (C=O) groups excluding carboxylic acids is 2. The lowest BCUT2D eigenvalue weighted by atomic mass is 10.3. The monoisotopic (exact) mass is 479 g/mol. The number of hydrogen-bond acceptors (Lipinski definition) is 5. The Morgan fingerprint density at radius 2 is 1.60 bits per heavy atom. The zero-order valence-electron chi connectivity index (χ0n) is 18.8. The van der Waals surface area contributed by atoms with E-state index in [-0.39, 0.29) is 11.8 Å². The topological polar surface area (TPSA) is 80.1 Å². The molecule has 0 saturated carbocycles. The van der Waals surface area contributed by atoms with Gasteiger partial charge in [0.05, 0.1) is 22.4 Å². The molecule has 2 aromatic heterocycles. The van der Waals surface area contributed by atoms with Crippen molar-refractivity contribution in [3.05, 3.63) is 102 Å². The van der Waals surface area contributed by atoms with Gasteiger partial charge in [0.1, 0.15) is 0 Å². The highest BCUT2D eigenvalue weighted by Crippen LogP contribution is 2.29. The van der Waals surface area contributed by atoms with Gasteiger partial charge in [-0.25, -0.2) is 9.97 Å². The molecule has 0 aliphatic carbocycles. The Balaban J connectivity index is 1.38. The van der Waals surface area contributed by atoms with Crippen LogP contribution in [0.3, 0.4) is 0 Å². The Hall–Kier alpha value is -4.56. The van der Waals surface area contributed by atoms with Gasteiger partial charge in [-0.05, 0) is 42.5 Å². The van der Waals surface area contributed by atoms with Gasteiger partial charge in [-0.15, -0.1) is 11.3 Å². The van der Waals surface area contributed by atoms with Crippen LogP contribution in [0.2, 0.25) is 0 Å². The minimum atomic E-state index is -0.335. The molecule has 172 valence electrons. The van der Waals surface area contributed by atoms with E-state index in [1.54, 1.807) is 16.4 Å². The highest BCUT2D eigenvalue weighted by Gasteiger charge is 2.17. The molecule has 0 bridgehead atoms. The molecular weight excluding hydrogens is 458 g/mol. The van der Waals surface area contributed by atoms with Crippen molar-refractivity contribution in [2.45, 2.75) is 6.92 Å². The molecule has 0 saturated heterocycles. The number of anilines is 3. The number of para-hydroxylation sites is 4. The van der Waals surface area contributed by atoms with E-state index in [1.807, 2.05) is 89.5 Å². The fourth-order valence-electron chi connectivity index (χ4n) is 3.72. The van der Waals surface area contributed by atoms with Crippen molar-refractivity contribution in [3.63, 3.8) is 0 Å². The summed E-state index contributed by atoms with van der Waals surface area (Å²) in [7, 11) is 0. The minimum Gasteiger partial charge on any atom is -0.292 e. The van der Waals surface area contributed by atoms with E-state index in [0.717, 1.165) is 22.4 Å². The molecule has 0 radical (unpaired) electrons. The molecule has 3 aromatic carbocycles. The lowest BCUT2D eigenvalue weighted by molar-refractivity contribution is -0.116. The molecule has 7 nitrogen and oxygen atoms in total. The molecule has 1 N–H and O–H groups in total. The summed E-state index contributed by atoms with van der Waals surface area (Å²) in [6, 6.07) is 26.8. The molecule has 5 aromatic rings. The van der Waals surface area contributed by atoms with E-state index in [4.69, 9.17) is 0 Å². The normalized spacial score (nSPS) is 11.1. The number of nitrogens with one attached hydrogen (secondary N) is 1. The second kappa shape index (κ2) is 9.74. The predicted molar refractivity (Wildman–Crippen MR) is 140 cm³/mol. The first-order valence-corrected chi connectivity index (χ1v) is 11.8. The number of amides is 2. The zero-order chi connectivity index (χ0) is 24.2. The number of aromatic nitrogens is 3. The van der Waals surface area contributed by atoms with Crippen LogP contribution >= 0.6 is 11.3 Å². The van der Waals surface area contributed by atoms with Gasteiger partial charge in [0.25, 0.3) is 5.91 Å². The number of thiazole rings is 1. The molecule has 2 heterocycles. The minimum absolute atomic E-state index is 0.140. The van der Waals surface area contributed by atoms with E-state index in [1.165, 1.54) is 24.3 Å². The van der Waals surface area contributed by atoms with Crippen LogP contribution in [0, 0.1) is 0 Å². The molecule has 0 aliphatic rings. The zero-order valence-corrected chi connectivity index (χ0v) is 19.6. The molecule has 0 aliphatic heterocycles. The van der Waals surface area contributed by atoms with Crippen LogP contribution < -0.4 is 10.2 Å². The molecule has 2 amide bonds. The van der Waals surface area contributed by atoms with Crippen LogP contribution in [-0.2, 0) is 9.59 Å². The van der Waals surface area contributed by atoms with Crippen molar-refractivity contribution in [1.29, 1.82) is 0 Å². The quantitative estimate of drug-likeness (QED) is 0.311. The second-order valence-corrected chi connectivity index (χ2v) is 8.50. The van der Waals surface area contributed by atoms with Gasteiger partial charge in [0.15, 0.2) is 5.13 Å². The number of hydrogen-bond donors (Lipinski definition) is 1. The lowest BCUT2D eigenvalue weighted by Gasteiger charge is -2.17. The molecule has 0 spiro atoms. The van der Waals surface area contributed by atoms with Crippen molar-refractivity contribution in [1.82, 2.24) is 14.5 Å². The average molecular weight is 480 g/mol. The number of carbonyl (C=O) groups is 2. The standard InChI is InChI=1S/C27H21N5O2S/c1-19(33)31(21-10-4-2-5-11-21)27-28-20(18-35-27)16-17-25(34)30-26-29-23-14-8-9-15-24(23)32(26)22-12-6-3-7-13-22/h2-18H,1H3,(H,29,30,34)/b17-16+. The van der Waals surface area contributed by atoms with Crippen LogP contribution in [0.5, 0.6) is 0 Å². The van der Waals surface area contributed by atoms with E-state index in [2.05, 4.69) is 15.3 Å². The van der Waals surface area contributed by atoms with Crippen molar-refractivity contribution in [3.8, 4) is 5.69 Å². The largest absolute Gasteiger partial charge is 0.292 e. The third kappa shape index (κ3) is 4.73. The van der Waals surface area contributed by atoms with Gasteiger partial charge < -0.3 is 0 Å². The summed E-state index contributed by atoms with van der Waals surface area (Å²) in [5, 5.41) is 5.22. The molecule has 5 rings (SSSR count). The molecule has 0 fully saturated rings. The van der Waals surface area contributed by atoms with Crippen LogP contribution in [0.1, 0.15) is 12.6 Å². The van der Waals surface area contributed by atoms with Gasteiger partial charge in [-0.3, -0.25) is 24.4 Å². The van der Waals surface area contributed by atoms with E-state index < -0.39 is 0 Å². The number of rotatable bonds is 6. The Kier molecular flexibility index (Phi) is 6.19. The summed E-state index contributed by atoms with van der Waals surface area (Å²) in [6.07, 6.45) is 3.03. The number of nitrogens with zero attached hydrogens (tertiary/aromatic N) is 4. The first kappa shape index (κ1) is 22.2. The average Bonchev–Trinajstić information content (AvgIpc) is 3.48. The summed E-state index contributed by atoms with van der Waals surface area (Å²) < 4.78 is 1.91. The van der Waals surface area contributed by atoms with Gasteiger partial charge in [-0.1, -0.05) is 48.5 Å². The van der Waals surface area contributed by atoms with Crippen molar-refractivity contribution < 1.29 is 9.59 Å². The molecule has 0 atom stereocenters. The third-order valence-corrected chi connectivity index (χ3v) is 6.09. The molecule has 35 heavy (non-hydrogen) atoms. The van der Waals surface area contributed by atoms with E-state index >= 15 is 0 Å². The van der Waals surface area contributed by atoms with Crippen molar-refractivity contribution in [2.24, 2.45) is 0 Å². The summed E-state index contributed by atoms with van der Waals surface area (Å²) in [5.74, 6) is -0.0463. The smallest absolute Gasteiger partial charge is 0.250 e. The van der Waals surface area contributed by atoms with E-state index in [0.29, 0.717) is 16.8 Å². The lowest BCUT2D eigenvalue weighted by Crippen LogP contribution is -2.22. The summed E-state index contributed by atoms with van der Waals surface area (Å²) in [6.45, 7) is 1.50. The maximum absolute atomic E-state index is 12.8. The van der Waals surface area contributed by atoms with Crippen LogP contribution in [0.15, 0.2) is 96.4 Å². The third-order valence-electron chi connectivity index (χ3n) is 5.25. The van der Waals surface area contributed by atoms with Gasteiger partial charge in [0.2, 0.25) is 11.9 Å². The molecule has 8 heteroatoms. The van der Waals surface area contributed by atoms with Gasteiger partial charge in [0, 0.05) is 24.1 Å².